The Kier molecular flexibility index (Phi) is 4.32. The predicted octanol–water partition coefficient (Wildman–Crippen LogP) is 4.26. The average molecular weight is 286 g/mol. The number of carbonyl (C=O) groups is 1. The van der Waals surface area contributed by atoms with E-state index in [1.807, 2.05) is 6.92 Å². The molecule has 21 heavy (non-hydrogen) atoms. The summed E-state index contributed by atoms with van der Waals surface area (Å²) in [5.41, 5.74) is 4.08. The Morgan fingerprint density at radius 1 is 1.10 bits per heavy atom. The molecule has 0 aromatic heterocycles. The van der Waals surface area contributed by atoms with Gasteiger partial charge < -0.3 is 4.74 Å². The normalized spacial score (nSPS) is 23.6. The lowest BCUT2D eigenvalue weighted by molar-refractivity contribution is -0.141. The van der Waals surface area contributed by atoms with Gasteiger partial charge in [0.15, 0.2) is 0 Å². The van der Waals surface area contributed by atoms with Crippen LogP contribution >= 0.6 is 0 Å². The van der Waals surface area contributed by atoms with Crippen molar-refractivity contribution in [1.29, 1.82) is 0 Å². The average Bonchev–Trinajstić information content (AvgIpc) is 2.97. The number of carbonyl (C=O) groups excluding carboxylic acids is 1. The van der Waals surface area contributed by atoms with Crippen LogP contribution in [0, 0.1) is 11.8 Å². The first-order valence-corrected chi connectivity index (χ1v) is 8.38. The maximum Gasteiger partial charge on any atom is 0.312 e. The summed E-state index contributed by atoms with van der Waals surface area (Å²) < 4.78 is 4.86. The van der Waals surface area contributed by atoms with Gasteiger partial charge in [-0.2, -0.15) is 0 Å². The molecule has 2 aliphatic rings. The van der Waals surface area contributed by atoms with Gasteiger partial charge in [0.2, 0.25) is 0 Å². The molecule has 0 aliphatic heterocycles. The van der Waals surface area contributed by atoms with Crippen molar-refractivity contribution in [2.75, 3.05) is 7.11 Å². The molecule has 1 aromatic rings. The summed E-state index contributed by atoms with van der Waals surface area (Å²) >= 11 is 0. The summed E-state index contributed by atoms with van der Waals surface area (Å²) in [5.74, 6) is 1.46. The molecule has 0 spiro atoms. The molecule has 1 saturated carbocycles. The van der Waals surface area contributed by atoms with Crippen LogP contribution in [0.4, 0.5) is 0 Å². The monoisotopic (exact) mass is 286 g/mol. The topological polar surface area (TPSA) is 26.3 Å². The molecule has 0 amide bonds. The highest BCUT2D eigenvalue weighted by Crippen LogP contribution is 2.39. The van der Waals surface area contributed by atoms with E-state index in [0.717, 1.165) is 17.4 Å². The molecule has 1 fully saturated rings. The summed E-state index contributed by atoms with van der Waals surface area (Å²) in [5, 5.41) is 0. The van der Waals surface area contributed by atoms with Gasteiger partial charge in [0.1, 0.15) is 0 Å². The van der Waals surface area contributed by atoms with Gasteiger partial charge in [0, 0.05) is 0 Å². The van der Waals surface area contributed by atoms with E-state index in [0.29, 0.717) is 0 Å². The Hall–Kier alpha value is -1.31. The van der Waals surface area contributed by atoms with E-state index in [9.17, 15) is 4.79 Å². The highest BCUT2D eigenvalue weighted by molar-refractivity contribution is 5.77. The zero-order valence-corrected chi connectivity index (χ0v) is 13.2. The van der Waals surface area contributed by atoms with Crippen molar-refractivity contribution in [3.05, 3.63) is 34.9 Å². The van der Waals surface area contributed by atoms with Gasteiger partial charge in [-0.05, 0) is 48.3 Å². The van der Waals surface area contributed by atoms with Gasteiger partial charge in [-0.15, -0.1) is 0 Å². The fraction of sp³-hybridized carbons (Fsp3) is 0.632. The molecule has 0 N–H and O–H groups in total. The van der Waals surface area contributed by atoms with Crippen molar-refractivity contribution in [2.24, 2.45) is 11.8 Å². The van der Waals surface area contributed by atoms with Gasteiger partial charge in [-0.1, -0.05) is 50.3 Å². The molecule has 0 bridgehead atoms. The Labute approximate surface area is 127 Å². The largest absolute Gasteiger partial charge is 0.469 e. The van der Waals surface area contributed by atoms with Crippen LogP contribution < -0.4 is 0 Å². The number of hydrogen-bond donors (Lipinski definition) is 0. The van der Waals surface area contributed by atoms with Crippen LogP contribution in [0.2, 0.25) is 0 Å². The van der Waals surface area contributed by atoms with Crippen molar-refractivity contribution in [3.63, 3.8) is 0 Å². The third kappa shape index (κ3) is 3.00. The first kappa shape index (κ1) is 14.6. The summed E-state index contributed by atoms with van der Waals surface area (Å²) in [4.78, 5) is 11.7. The van der Waals surface area contributed by atoms with E-state index >= 15 is 0 Å². The van der Waals surface area contributed by atoms with E-state index in [1.165, 1.54) is 63.2 Å². The molecular weight excluding hydrogens is 260 g/mol. The minimum Gasteiger partial charge on any atom is -0.469 e. The minimum atomic E-state index is -0.158. The van der Waals surface area contributed by atoms with Gasteiger partial charge >= 0.3 is 5.97 Å². The van der Waals surface area contributed by atoms with Gasteiger partial charge in [0.05, 0.1) is 13.0 Å². The third-order valence-electron chi connectivity index (χ3n) is 5.57. The summed E-state index contributed by atoms with van der Waals surface area (Å²) in [6, 6.07) is 6.61. The van der Waals surface area contributed by atoms with Crippen LogP contribution in [-0.2, 0) is 22.4 Å². The van der Waals surface area contributed by atoms with Gasteiger partial charge in [-0.25, -0.2) is 0 Å². The third-order valence-corrected chi connectivity index (χ3v) is 5.57. The standard InChI is InChI=1S/C19H26O2/c1-13(19(20)21-2)15-8-9-16-11-17(12-18(16)10-15)14-6-4-3-5-7-14/h8-10,13-14,17H,3-7,11-12H2,1-2H3/t13-,17+/m1/s1. The quantitative estimate of drug-likeness (QED) is 0.776. The van der Waals surface area contributed by atoms with Crippen molar-refractivity contribution in [1.82, 2.24) is 0 Å². The number of ether oxygens (including phenoxy) is 1. The molecule has 2 aliphatic carbocycles. The maximum atomic E-state index is 11.7. The van der Waals surface area contributed by atoms with Crippen molar-refractivity contribution in [3.8, 4) is 0 Å². The summed E-state index contributed by atoms with van der Waals surface area (Å²) in [6.45, 7) is 1.93. The molecule has 1 aromatic carbocycles. The molecule has 2 atom stereocenters. The van der Waals surface area contributed by atoms with Gasteiger partial charge in [0.25, 0.3) is 0 Å². The van der Waals surface area contributed by atoms with E-state index in [4.69, 9.17) is 4.74 Å². The predicted molar refractivity (Wildman–Crippen MR) is 84.3 cm³/mol. The van der Waals surface area contributed by atoms with Crippen molar-refractivity contribution >= 4 is 5.97 Å². The van der Waals surface area contributed by atoms with Crippen LogP contribution in [0.25, 0.3) is 0 Å². The number of hydrogen-bond acceptors (Lipinski definition) is 2. The zero-order chi connectivity index (χ0) is 14.8. The zero-order valence-electron chi connectivity index (χ0n) is 13.2. The number of methoxy groups -OCH3 is 1. The number of esters is 1. The second-order valence-electron chi connectivity index (χ2n) is 6.84. The SMILES string of the molecule is COC(=O)[C@H](C)c1ccc2c(c1)C[C@@H](C1CCCCC1)C2. The smallest absolute Gasteiger partial charge is 0.312 e. The van der Waals surface area contributed by atoms with E-state index in [2.05, 4.69) is 18.2 Å². The van der Waals surface area contributed by atoms with Crippen LogP contribution in [0.1, 0.15) is 61.6 Å². The molecule has 0 heterocycles. The number of fused-ring (bicyclic) bond motifs is 1. The maximum absolute atomic E-state index is 11.7. The van der Waals surface area contributed by atoms with Crippen LogP contribution in [0.5, 0.6) is 0 Å². The molecule has 114 valence electrons. The molecule has 3 rings (SSSR count). The first-order chi connectivity index (χ1) is 10.2. The fourth-order valence-electron chi connectivity index (χ4n) is 4.19. The second kappa shape index (κ2) is 6.21. The summed E-state index contributed by atoms with van der Waals surface area (Å²) in [6.07, 6.45) is 9.56. The Balaban J connectivity index is 1.73. The van der Waals surface area contributed by atoms with E-state index in [1.54, 1.807) is 0 Å². The highest BCUT2D eigenvalue weighted by Gasteiger charge is 2.30. The molecule has 0 radical (unpaired) electrons. The van der Waals surface area contributed by atoms with Gasteiger partial charge in [-0.3, -0.25) is 4.79 Å². The van der Waals surface area contributed by atoms with Crippen LogP contribution in [0.15, 0.2) is 18.2 Å². The first-order valence-electron chi connectivity index (χ1n) is 8.38. The van der Waals surface area contributed by atoms with Crippen molar-refractivity contribution in [2.45, 2.75) is 57.8 Å². The molecule has 2 heteroatoms. The lowest BCUT2D eigenvalue weighted by Crippen LogP contribution is -2.18. The van der Waals surface area contributed by atoms with E-state index < -0.39 is 0 Å². The second-order valence-corrected chi connectivity index (χ2v) is 6.84. The Morgan fingerprint density at radius 3 is 2.52 bits per heavy atom. The number of rotatable bonds is 3. The fourth-order valence-corrected chi connectivity index (χ4v) is 4.19. The van der Waals surface area contributed by atoms with Crippen molar-refractivity contribution < 1.29 is 9.53 Å². The Bertz CT molecular complexity index is 514. The highest BCUT2D eigenvalue weighted by atomic mass is 16.5. The molecule has 2 nitrogen and oxygen atoms in total. The lowest BCUT2D eigenvalue weighted by Gasteiger charge is -2.27. The molecule has 0 saturated heterocycles. The summed E-state index contributed by atoms with van der Waals surface area (Å²) in [7, 11) is 1.46. The number of benzene rings is 1. The van der Waals surface area contributed by atoms with Crippen LogP contribution in [-0.4, -0.2) is 13.1 Å². The Morgan fingerprint density at radius 2 is 1.81 bits per heavy atom. The lowest BCUT2D eigenvalue weighted by atomic mass is 9.79. The molecule has 0 unspecified atom stereocenters. The minimum absolute atomic E-state index is 0.142. The van der Waals surface area contributed by atoms with Crippen LogP contribution in [0.3, 0.4) is 0 Å². The molecular formula is C19H26O2. The van der Waals surface area contributed by atoms with E-state index in [-0.39, 0.29) is 11.9 Å².